The molecule has 0 spiro atoms. The molecule has 1 saturated heterocycles. The zero-order valence-electron chi connectivity index (χ0n) is 18.0. The molecule has 3 aromatic carbocycles. The topological polar surface area (TPSA) is 103 Å². The number of anilines is 3. The van der Waals surface area contributed by atoms with E-state index >= 15 is 0 Å². The Labute approximate surface area is 197 Å². The first kappa shape index (κ1) is 22.6. The molecule has 4 rings (SSSR count). The summed E-state index contributed by atoms with van der Waals surface area (Å²) in [5.41, 5.74) is 9.70. The molecule has 1 atom stereocenters. The van der Waals surface area contributed by atoms with Gasteiger partial charge in [0, 0.05) is 30.9 Å². The summed E-state index contributed by atoms with van der Waals surface area (Å²) in [6, 6.07) is 21.9. The van der Waals surface area contributed by atoms with Crippen molar-refractivity contribution in [2.24, 2.45) is 10.9 Å². The molecule has 0 bridgehead atoms. The van der Waals surface area contributed by atoms with Crippen molar-refractivity contribution in [2.75, 3.05) is 22.1 Å². The molecule has 1 heterocycles. The van der Waals surface area contributed by atoms with Crippen molar-refractivity contribution in [3.8, 4) is 0 Å². The SMILES string of the molecule is NCc1cccc(NC(C(=O)Nc2ccc(N3CCC/C3=N/O)c(Cl)c2)c2ccccc2)c1. The monoisotopic (exact) mass is 463 g/mol. The van der Waals surface area contributed by atoms with Gasteiger partial charge in [-0.05, 0) is 47.9 Å². The fourth-order valence-electron chi connectivity index (χ4n) is 3.94. The first-order valence-electron chi connectivity index (χ1n) is 10.8. The number of carbonyl (C=O) groups is 1. The summed E-state index contributed by atoms with van der Waals surface area (Å²) < 4.78 is 0. The van der Waals surface area contributed by atoms with Crippen molar-refractivity contribution in [3.63, 3.8) is 0 Å². The summed E-state index contributed by atoms with van der Waals surface area (Å²) in [5, 5.41) is 19.3. The molecule has 3 aromatic rings. The first-order chi connectivity index (χ1) is 16.1. The molecule has 170 valence electrons. The van der Waals surface area contributed by atoms with Gasteiger partial charge in [0.25, 0.3) is 5.91 Å². The fourth-order valence-corrected chi connectivity index (χ4v) is 4.22. The molecule has 1 amide bonds. The number of halogens is 1. The molecule has 0 radical (unpaired) electrons. The van der Waals surface area contributed by atoms with Crippen molar-refractivity contribution < 1.29 is 10.0 Å². The minimum Gasteiger partial charge on any atom is -0.409 e. The predicted molar refractivity (Wildman–Crippen MR) is 133 cm³/mol. The van der Waals surface area contributed by atoms with Crippen molar-refractivity contribution in [3.05, 3.63) is 88.9 Å². The van der Waals surface area contributed by atoms with Gasteiger partial charge in [-0.3, -0.25) is 4.79 Å². The van der Waals surface area contributed by atoms with Gasteiger partial charge in [-0.25, -0.2) is 0 Å². The van der Waals surface area contributed by atoms with Crippen molar-refractivity contribution in [2.45, 2.75) is 25.4 Å². The molecular weight excluding hydrogens is 438 g/mol. The standard InChI is InChI=1S/C25H26ClN5O2/c26-21-15-20(11-12-22(21)31-13-5-10-23(31)30-33)29-25(32)24(18-7-2-1-3-8-18)28-19-9-4-6-17(14-19)16-27/h1-4,6-9,11-12,14-15,24,28,33H,5,10,13,16,27H2,(H,29,32)/b30-23-. The highest BCUT2D eigenvalue weighted by Crippen LogP contribution is 2.32. The number of amides is 1. The van der Waals surface area contributed by atoms with Crippen LogP contribution in [0.25, 0.3) is 0 Å². The Morgan fingerprint density at radius 1 is 1.09 bits per heavy atom. The van der Waals surface area contributed by atoms with Gasteiger partial charge < -0.3 is 26.5 Å². The van der Waals surface area contributed by atoms with Crippen LogP contribution in [0, 0.1) is 0 Å². The normalized spacial score (nSPS) is 15.5. The van der Waals surface area contributed by atoms with Crippen LogP contribution in [0.15, 0.2) is 78.0 Å². The Morgan fingerprint density at radius 3 is 2.64 bits per heavy atom. The van der Waals surface area contributed by atoms with E-state index in [2.05, 4.69) is 15.8 Å². The van der Waals surface area contributed by atoms with Crippen LogP contribution >= 0.6 is 11.6 Å². The lowest BCUT2D eigenvalue weighted by molar-refractivity contribution is -0.117. The number of hydrogen-bond acceptors (Lipinski definition) is 5. The number of nitrogens with two attached hydrogens (primary N) is 1. The Kier molecular flexibility index (Phi) is 7.12. The van der Waals surface area contributed by atoms with Crippen molar-refractivity contribution in [1.29, 1.82) is 0 Å². The van der Waals surface area contributed by atoms with E-state index in [1.54, 1.807) is 12.1 Å². The minimum absolute atomic E-state index is 0.220. The zero-order chi connectivity index (χ0) is 23.2. The van der Waals surface area contributed by atoms with Crippen LogP contribution in [0.1, 0.15) is 30.0 Å². The molecule has 1 aliphatic rings. The number of rotatable bonds is 7. The van der Waals surface area contributed by atoms with Crippen LogP contribution in [-0.2, 0) is 11.3 Å². The number of amidine groups is 1. The second-order valence-corrected chi connectivity index (χ2v) is 8.23. The molecular formula is C25H26ClN5O2. The van der Waals surface area contributed by atoms with E-state index < -0.39 is 6.04 Å². The maximum absolute atomic E-state index is 13.3. The summed E-state index contributed by atoms with van der Waals surface area (Å²) in [6.07, 6.45) is 1.59. The quantitative estimate of drug-likeness (QED) is 0.292. The maximum Gasteiger partial charge on any atom is 0.251 e. The molecule has 1 aliphatic heterocycles. The smallest absolute Gasteiger partial charge is 0.251 e. The third-order valence-corrected chi connectivity index (χ3v) is 5.89. The third kappa shape index (κ3) is 5.27. The van der Waals surface area contributed by atoms with Gasteiger partial charge >= 0.3 is 0 Å². The average Bonchev–Trinajstić information content (AvgIpc) is 3.32. The van der Waals surface area contributed by atoms with Crippen LogP contribution in [0.3, 0.4) is 0 Å². The molecule has 7 nitrogen and oxygen atoms in total. The lowest BCUT2D eigenvalue weighted by Gasteiger charge is -2.22. The summed E-state index contributed by atoms with van der Waals surface area (Å²) in [7, 11) is 0. The van der Waals surface area contributed by atoms with E-state index in [1.807, 2.05) is 65.6 Å². The molecule has 33 heavy (non-hydrogen) atoms. The molecule has 0 aromatic heterocycles. The average molecular weight is 464 g/mol. The van der Waals surface area contributed by atoms with Gasteiger partial charge in [0.15, 0.2) is 0 Å². The molecule has 1 unspecified atom stereocenters. The van der Waals surface area contributed by atoms with E-state index in [0.717, 1.165) is 35.5 Å². The van der Waals surface area contributed by atoms with Crippen LogP contribution in [-0.4, -0.2) is 23.5 Å². The third-order valence-electron chi connectivity index (χ3n) is 5.58. The highest BCUT2D eigenvalue weighted by atomic mass is 35.5. The van der Waals surface area contributed by atoms with Crippen LogP contribution in [0.4, 0.5) is 17.1 Å². The molecule has 0 aliphatic carbocycles. The highest BCUT2D eigenvalue weighted by molar-refractivity contribution is 6.34. The summed E-state index contributed by atoms with van der Waals surface area (Å²) in [4.78, 5) is 15.2. The van der Waals surface area contributed by atoms with Gasteiger partial charge in [-0.1, -0.05) is 59.2 Å². The van der Waals surface area contributed by atoms with Gasteiger partial charge in [0.05, 0.1) is 10.7 Å². The van der Waals surface area contributed by atoms with E-state index in [4.69, 9.17) is 17.3 Å². The number of carbonyl (C=O) groups excluding carboxylic acids is 1. The Balaban J connectivity index is 1.56. The lowest BCUT2D eigenvalue weighted by atomic mass is 10.0. The molecule has 5 N–H and O–H groups in total. The molecule has 1 fully saturated rings. The maximum atomic E-state index is 13.3. The van der Waals surface area contributed by atoms with Gasteiger partial charge in [-0.2, -0.15) is 0 Å². The number of oxime groups is 1. The van der Waals surface area contributed by atoms with E-state index in [9.17, 15) is 10.0 Å². The highest BCUT2D eigenvalue weighted by Gasteiger charge is 2.24. The minimum atomic E-state index is -0.621. The second kappa shape index (κ2) is 10.4. The summed E-state index contributed by atoms with van der Waals surface area (Å²) in [5.74, 6) is 0.365. The van der Waals surface area contributed by atoms with E-state index in [1.165, 1.54) is 0 Å². The number of nitrogens with one attached hydrogen (secondary N) is 2. The van der Waals surface area contributed by atoms with Crippen LogP contribution < -0.4 is 21.3 Å². The van der Waals surface area contributed by atoms with E-state index in [-0.39, 0.29) is 5.91 Å². The van der Waals surface area contributed by atoms with Crippen LogP contribution in [0.5, 0.6) is 0 Å². The predicted octanol–water partition coefficient (Wildman–Crippen LogP) is 4.98. The number of nitrogens with zero attached hydrogens (tertiary/aromatic N) is 2. The van der Waals surface area contributed by atoms with Crippen molar-refractivity contribution in [1.82, 2.24) is 0 Å². The van der Waals surface area contributed by atoms with Crippen LogP contribution in [0.2, 0.25) is 5.02 Å². The summed E-state index contributed by atoms with van der Waals surface area (Å²) >= 11 is 6.52. The van der Waals surface area contributed by atoms with E-state index in [0.29, 0.717) is 29.5 Å². The largest absolute Gasteiger partial charge is 0.409 e. The second-order valence-electron chi connectivity index (χ2n) is 7.82. The molecule has 0 saturated carbocycles. The molecule has 8 heteroatoms. The first-order valence-corrected chi connectivity index (χ1v) is 11.2. The van der Waals surface area contributed by atoms with Gasteiger partial charge in [0.1, 0.15) is 11.9 Å². The Hall–Kier alpha value is -3.55. The number of benzene rings is 3. The van der Waals surface area contributed by atoms with Crippen molar-refractivity contribution >= 4 is 40.4 Å². The lowest BCUT2D eigenvalue weighted by Crippen LogP contribution is -2.27. The zero-order valence-corrected chi connectivity index (χ0v) is 18.8. The Morgan fingerprint density at radius 2 is 1.91 bits per heavy atom. The Bertz CT molecular complexity index is 1150. The van der Waals surface area contributed by atoms with Gasteiger partial charge in [-0.15, -0.1) is 0 Å². The number of hydrogen-bond donors (Lipinski definition) is 4. The summed E-state index contributed by atoms with van der Waals surface area (Å²) in [6.45, 7) is 1.15. The van der Waals surface area contributed by atoms with Gasteiger partial charge in [0.2, 0.25) is 0 Å². The fraction of sp³-hybridized carbons (Fsp3) is 0.200.